The Bertz CT molecular complexity index is 1650. The molecule has 4 bridgehead atoms. The van der Waals surface area contributed by atoms with Crippen LogP contribution < -0.4 is 29.6 Å². The van der Waals surface area contributed by atoms with Crippen molar-refractivity contribution in [2.45, 2.75) is 42.2 Å². The number of hydrogen-bond acceptors (Lipinski definition) is 9. The molecule has 3 aromatic rings. The van der Waals surface area contributed by atoms with Gasteiger partial charge in [0.1, 0.15) is 21.9 Å². The smallest absolute Gasteiger partial charge is 0.258 e. The molecule has 0 radical (unpaired) electrons. The molecule has 12 nitrogen and oxygen atoms in total. The third-order valence-electron chi connectivity index (χ3n) is 7.36. The normalized spacial score (nSPS) is 19.5. The zero-order valence-electron chi connectivity index (χ0n) is 24.4. The largest absolute Gasteiger partial charge is 0.493 e. The van der Waals surface area contributed by atoms with Crippen LogP contribution in [-0.4, -0.2) is 76.5 Å². The van der Waals surface area contributed by atoms with Crippen molar-refractivity contribution >= 4 is 39.1 Å². The van der Waals surface area contributed by atoms with Crippen LogP contribution in [-0.2, 0) is 37.4 Å². The van der Waals surface area contributed by atoms with Crippen LogP contribution in [0, 0.1) is 5.82 Å². The summed E-state index contributed by atoms with van der Waals surface area (Å²) in [7, 11) is -2.38. The highest BCUT2D eigenvalue weighted by atomic mass is 32.2. The molecule has 1 fully saturated rings. The fraction of sp³-hybridized carbons (Fsp3) is 0.367. The van der Waals surface area contributed by atoms with E-state index < -0.39 is 46.3 Å². The Morgan fingerprint density at radius 1 is 1.13 bits per heavy atom. The first kappa shape index (κ1) is 32.2. The molecular formula is C30H33FN4O8S2. The van der Waals surface area contributed by atoms with E-state index in [0.29, 0.717) is 23.5 Å². The Labute approximate surface area is 263 Å². The summed E-state index contributed by atoms with van der Waals surface area (Å²) in [5, 5.41) is 7.29. The monoisotopic (exact) mass is 660 g/mol. The van der Waals surface area contributed by atoms with E-state index in [1.54, 1.807) is 35.7 Å². The van der Waals surface area contributed by atoms with Crippen LogP contribution in [0.5, 0.6) is 17.2 Å². The van der Waals surface area contributed by atoms with Crippen LogP contribution in [0.3, 0.4) is 0 Å². The summed E-state index contributed by atoms with van der Waals surface area (Å²) in [4.78, 5) is 40.2. The molecule has 15 heteroatoms. The van der Waals surface area contributed by atoms with Crippen LogP contribution in [0.4, 0.5) is 4.39 Å². The number of methoxy groups -OCH3 is 1. The van der Waals surface area contributed by atoms with Gasteiger partial charge in [0, 0.05) is 38.5 Å². The minimum atomic E-state index is -3.85. The fourth-order valence-electron chi connectivity index (χ4n) is 5.09. The molecule has 0 spiro atoms. The van der Waals surface area contributed by atoms with E-state index in [9.17, 15) is 27.2 Å². The molecule has 3 heterocycles. The molecule has 1 aromatic heterocycles. The van der Waals surface area contributed by atoms with Gasteiger partial charge >= 0.3 is 0 Å². The van der Waals surface area contributed by atoms with Gasteiger partial charge < -0.3 is 29.7 Å². The Kier molecular flexibility index (Phi) is 10.2. The minimum Gasteiger partial charge on any atom is -0.493 e. The van der Waals surface area contributed by atoms with Crippen LogP contribution in [0.2, 0.25) is 0 Å². The average molecular weight is 661 g/mol. The molecule has 240 valence electrons. The van der Waals surface area contributed by atoms with Crippen molar-refractivity contribution in [3.8, 4) is 17.2 Å². The highest BCUT2D eigenvalue weighted by molar-refractivity contribution is 7.91. The number of amides is 3. The lowest BCUT2D eigenvalue weighted by Gasteiger charge is -2.39. The second-order valence-corrected chi connectivity index (χ2v) is 13.5. The number of piperidine rings is 1. The van der Waals surface area contributed by atoms with Gasteiger partial charge in [-0.2, -0.15) is 0 Å². The van der Waals surface area contributed by atoms with Crippen LogP contribution in [0.25, 0.3) is 0 Å². The number of hydrogen-bond donors (Lipinski definition) is 3. The van der Waals surface area contributed by atoms with Crippen molar-refractivity contribution < 1.29 is 41.4 Å². The van der Waals surface area contributed by atoms with Gasteiger partial charge in [0.15, 0.2) is 18.1 Å². The second-order valence-electron chi connectivity index (χ2n) is 10.6. The standard InChI is InChI=1S/C30H33FN4O8S2/c1-41-25-6-4-19-5-7-27(36)32-15-20-11-21(31)14-22(12-20)43-24-8-9-35(17-23(24)34-28(37)18-42-26(25)13-19)29(38)16-33-45(39,40)30-3-2-10-44-30/h2-4,6,10-14,23-24,33H,5,7-9,15-18H2,1H3,(H,32,36)(H,34,37)/t23-,24-/m1/s1. The molecule has 0 saturated carbocycles. The summed E-state index contributed by atoms with van der Waals surface area (Å²) >= 11 is 1.03. The number of sulfonamides is 1. The van der Waals surface area contributed by atoms with Gasteiger partial charge in [-0.15, -0.1) is 11.3 Å². The van der Waals surface area contributed by atoms with Crippen molar-refractivity contribution in [2.75, 3.05) is 33.4 Å². The Morgan fingerprint density at radius 3 is 2.76 bits per heavy atom. The van der Waals surface area contributed by atoms with Crippen molar-refractivity contribution in [1.82, 2.24) is 20.3 Å². The van der Waals surface area contributed by atoms with E-state index in [4.69, 9.17) is 14.2 Å². The molecule has 2 aliphatic rings. The lowest BCUT2D eigenvalue weighted by atomic mass is 10.0. The summed E-state index contributed by atoms with van der Waals surface area (Å²) in [5.41, 5.74) is 1.28. The maximum Gasteiger partial charge on any atom is 0.258 e. The van der Waals surface area contributed by atoms with Gasteiger partial charge in [-0.25, -0.2) is 17.5 Å². The van der Waals surface area contributed by atoms with E-state index in [1.807, 2.05) is 0 Å². The predicted octanol–water partition coefficient (Wildman–Crippen LogP) is 1.98. The number of fused-ring (bicyclic) bond motifs is 5. The lowest BCUT2D eigenvalue weighted by Crippen LogP contribution is -2.59. The molecular weight excluding hydrogens is 627 g/mol. The zero-order valence-corrected chi connectivity index (χ0v) is 26.0. The number of carbonyl (C=O) groups is 3. The Balaban J connectivity index is 1.35. The van der Waals surface area contributed by atoms with Gasteiger partial charge in [0.25, 0.3) is 15.9 Å². The van der Waals surface area contributed by atoms with Crippen LogP contribution in [0.15, 0.2) is 58.1 Å². The number of thiophene rings is 1. The summed E-state index contributed by atoms with van der Waals surface area (Å²) in [5.74, 6) is -0.844. The molecule has 3 amide bonds. The van der Waals surface area contributed by atoms with E-state index in [0.717, 1.165) is 16.9 Å². The number of aryl methyl sites for hydroxylation is 1. The third kappa shape index (κ3) is 8.49. The Morgan fingerprint density at radius 2 is 1.98 bits per heavy atom. The average Bonchev–Trinajstić information content (AvgIpc) is 3.57. The third-order valence-corrected chi connectivity index (χ3v) is 10.2. The van der Waals surface area contributed by atoms with E-state index in [2.05, 4.69) is 15.4 Å². The maximum absolute atomic E-state index is 14.6. The molecule has 5 rings (SSSR count). The fourth-order valence-corrected chi connectivity index (χ4v) is 7.10. The predicted molar refractivity (Wildman–Crippen MR) is 162 cm³/mol. The summed E-state index contributed by atoms with van der Waals surface area (Å²) < 4.78 is 59.3. The highest BCUT2D eigenvalue weighted by Crippen LogP contribution is 2.29. The van der Waals surface area contributed by atoms with E-state index >= 15 is 0 Å². The van der Waals surface area contributed by atoms with E-state index in [-0.39, 0.29) is 54.9 Å². The molecule has 2 aliphatic heterocycles. The summed E-state index contributed by atoms with van der Waals surface area (Å²) in [6, 6.07) is 11.6. The number of benzene rings is 2. The maximum atomic E-state index is 14.6. The van der Waals surface area contributed by atoms with Gasteiger partial charge in [-0.05, 0) is 53.3 Å². The van der Waals surface area contributed by atoms with Crippen molar-refractivity contribution in [2.24, 2.45) is 0 Å². The molecule has 0 unspecified atom stereocenters. The van der Waals surface area contributed by atoms with Crippen molar-refractivity contribution in [3.63, 3.8) is 0 Å². The first-order chi connectivity index (χ1) is 21.6. The zero-order chi connectivity index (χ0) is 32.0. The molecule has 2 aromatic carbocycles. The number of ether oxygens (including phenoxy) is 3. The Hall–Kier alpha value is -4.21. The number of likely N-dealkylation sites (tertiary alicyclic amines) is 1. The SMILES string of the molecule is COc1ccc2cc1OCC(=O)N[C@@H]1CN(C(=O)CNS(=O)(=O)c3cccs3)CC[C@H]1Oc1cc(F)cc(c1)CNC(=O)CC2. The first-order valence-electron chi connectivity index (χ1n) is 14.2. The van der Waals surface area contributed by atoms with Gasteiger partial charge in [0.2, 0.25) is 11.8 Å². The minimum absolute atomic E-state index is 0.00695. The molecule has 2 atom stereocenters. The number of halogens is 1. The van der Waals surface area contributed by atoms with Crippen LogP contribution >= 0.6 is 11.3 Å². The summed E-state index contributed by atoms with van der Waals surface area (Å²) in [6.45, 7) is -0.562. The number of rotatable bonds is 5. The summed E-state index contributed by atoms with van der Waals surface area (Å²) in [6.07, 6.45) is 0.168. The topological polar surface area (TPSA) is 152 Å². The van der Waals surface area contributed by atoms with Crippen LogP contribution in [0.1, 0.15) is 24.0 Å². The highest BCUT2D eigenvalue weighted by Gasteiger charge is 2.35. The molecule has 45 heavy (non-hydrogen) atoms. The van der Waals surface area contributed by atoms with Crippen molar-refractivity contribution in [3.05, 3.63) is 70.9 Å². The number of carbonyl (C=O) groups excluding carboxylic acids is 3. The first-order valence-corrected chi connectivity index (χ1v) is 16.6. The molecule has 0 aliphatic carbocycles. The quantitative estimate of drug-likeness (QED) is 0.376. The number of nitrogens with one attached hydrogen (secondary N) is 3. The van der Waals surface area contributed by atoms with Gasteiger partial charge in [-0.3, -0.25) is 14.4 Å². The van der Waals surface area contributed by atoms with Crippen molar-refractivity contribution in [1.29, 1.82) is 0 Å². The molecule has 1 saturated heterocycles. The van der Waals surface area contributed by atoms with Gasteiger partial charge in [0.05, 0.1) is 19.7 Å². The molecule has 3 N–H and O–H groups in total. The van der Waals surface area contributed by atoms with Gasteiger partial charge in [-0.1, -0.05) is 12.1 Å². The van der Waals surface area contributed by atoms with E-state index in [1.165, 1.54) is 30.2 Å². The lowest BCUT2D eigenvalue weighted by molar-refractivity contribution is -0.134. The second kappa shape index (κ2) is 14.3. The number of nitrogens with zero attached hydrogens (tertiary/aromatic N) is 1.